The maximum Gasteiger partial charge on any atom is 0.160 e. The average Bonchev–Trinajstić information content (AvgIpc) is 2.62. The van der Waals surface area contributed by atoms with Gasteiger partial charge < -0.3 is 21.1 Å². The number of nitrogens with two attached hydrogens (primary N) is 1. The molecule has 0 bridgehead atoms. The number of aromatic nitrogens is 3. The molecule has 0 amide bonds. The van der Waals surface area contributed by atoms with E-state index in [1.807, 2.05) is 31.2 Å². The van der Waals surface area contributed by atoms with Crippen molar-refractivity contribution in [3.8, 4) is 5.75 Å². The Morgan fingerprint density at radius 2 is 1.80 bits per heavy atom. The minimum atomic E-state index is 0.366. The smallest absolute Gasteiger partial charge is 0.160 e. The number of hydrogen-bond acceptors (Lipinski definition) is 7. The first kappa shape index (κ1) is 16.8. The Bertz CT molecular complexity index is 856. The van der Waals surface area contributed by atoms with Crippen LogP contribution in [0.4, 0.5) is 28.8 Å². The maximum absolute atomic E-state index is 6.19. The molecule has 0 aliphatic carbocycles. The second kappa shape index (κ2) is 7.67. The molecule has 2 heterocycles. The first-order valence-electron chi connectivity index (χ1n) is 7.65. The van der Waals surface area contributed by atoms with E-state index in [9.17, 15) is 0 Å². The van der Waals surface area contributed by atoms with Gasteiger partial charge in [-0.3, -0.25) is 0 Å². The van der Waals surface area contributed by atoms with E-state index in [2.05, 4.69) is 25.6 Å². The first-order valence-corrected chi connectivity index (χ1v) is 8.03. The van der Waals surface area contributed by atoms with Crippen LogP contribution in [0, 0.1) is 0 Å². The van der Waals surface area contributed by atoms with E-state index in [1.165, 1.54) is 6.33 Å². The van der Waals surface area contributed by atoms with Crippen LogP contribution in [0.2, 0.25) is 5.02 Å². The standard InChI is InChI=1S/C17H17ClN6O/c1-2-25-13-6-4-3-5-12(13)23-16-15(19)17(22-10-21-16)24-14-8-7-11(18)9-20-14/h3-10H,2,19H2,1H3,(H2,20,21,22,23,24). The zero-order valence-electron chi connectivity index (χ0n) is 13.5. The molecule has 3 rings (SSSR count). The number of halogens is 1. The van der Waals surface area contributed by atoms with Gasteiger partial charge in [-0.05, 0) is 31.2 Å². The third-order valence-corrected chi connectivity index (χ3v) is 3.52. The minimum Gasteiger partial charge on any atom is -0.492 e. The Morgan fingerprint density at radius 3 is 2.52 bits per heavy atom. The molecule has 0 aliphatic heterocycles. The number of benzene rings is 1. The van der Waals surface area contributed by atoms with E-state index >= 15 is 0 Å². The molecule has 25 heavy (non-hydrogen) atoms. The molecule has 0 saturated heterocycles. The third kappa shape index (κ3) is 4.07. The second-order valence-corrected chi connectivity index (χ2v) is 5.46. The monoisotopic (exact) mass is 356 g/mol. The van der Waals surface area contributed by atoms with Crippen LogP contribution in [0.25, 0.3) is 0 Å². The van der Waals surface area contributed by atoms with Gasteiger partial charge in [0.25, 0.3) is 0 Å². The van der Waals surface area contributed by atoms with E-state index in [0.717, 1.165) is 11.4 Å². The summed E-state index contributed by atoms with van der Waals surface area (Å²) in [4.78, 5) is 12.5. The quantitative estimate of drug-likeness (QED) is 0.614. The predicted molar refractivity (Wildman–Crippen MR) is 99.9 cm³/mol. The topological polar surface area (TPSA) is 98.0 Å². The van der Waals surface area contributed by atoms with E-state index in [-0.39, 0.29) is 0 Å². The van der Waals surface area contributed by atoms with Crippen LogP contribution < -0.4 is 21.1 Å². The number of nitrogens with one attached hydrogen (secondary N) is 2. The highest BCUT2D eigenvalue weighted by molar-refractivity contribution is 6.30. The van der Waals surface area contributed by atoms with E-state index in [1.54, 1.807) is 18.3 Å². The van der Waals surface area contributed by atoms with E-state index < -0.39 is 0 Å². The zero-order chi connectivity index (χ0) is 17.6. The van der Waals surface area contributed by atoms with Crippen molar-refractivity contribution in [3.05, 3.63) is 53.9 Å². The molecule has 0 atom stereocenters. The second-order valence-electron chi connectivity index (χ2n) is 5.03. The van der Waals surface area contributed by atoms with Gasteiger partial charge in [-0.25, -0.2) is 15.0 Å². The Hall–Kier alpha value is -3.06. The van der Waals surface area contributed by atoms with Gasteiger partial charge in [0.05, 0.1) is 17.3 Å². The molecular weight excluding hydrogens is 340 g/mol. The molecule has 3 aromatic rings. The Balaban J connectivity index is 1.85. The number of hydrogen-bond donors (Lipinski definition) is 3. The van der Waals surface area contributed by atoms with Crippen LogP contribution in [0.5, 0.6) is 5.75 Å². The molecule has 128 valence electrons. The number of nitrogen functional groups attached to an aromatic ring is 1. The van der Waals surface area contributed by atoms with Gasteiger partial charge in [-0.1, -0.05) is 23.7 Å². The highest BCUT2D eigenvalue weighted by Gasteiger charge is 2.11. The lowest BCUT2D eigenvalue weighted by molar-refractivity contribution is 0.342. The number of nitrogens with zero attached hydrogens (tertiary/aromatic N) is 3. The number of pyridine rings is 1. The molecule has 1 aromatic carbocycles. The van der Waals surface area contributed by atoms with Crippen LogP contribution in [0.15, 0.2) is 48.9 Å². The molecule has 4 N–H and O–H groups in total. The largest absolute Gasteiger partial charge is 0.492 e. The molecular formula is C17H17ClN6O. The fourth-order valence-electron chi connectivity index (χ4n) is 2.14. The van der Waals surface area contributed by atoms with Gasteiger partial charge in [-0.15, -0.1) is 0 Å². The van der Waals surface area contributed by atoms with Crippen LogP contribution in [0.1, 0.15) is 6.92 Å². The Morgan fingerprint density at radius 1 is 1.04 bits per heavy atom. The summed E-state index contributed by atoms with van der Waals surface area (Å²) in [6, 6.07) is 11.0. The summed E-state index contributed by atoms with van der Waals surface area (Å²) in [6.45, 7) is 2.49. The summed E-state index contributed by atoms with van der Waals surface area (Å²) >= 11 is 5.84. The van der Waals surface area contributed by atoms with Crippen LogP contribution in [-0.4, -0.2) is 21.6 Å². The number of anilines is 5. The highest BCUT2D eigenvalue weighted by Crippen LogP contribution is 2.31. The van der Waals surface area contributed by atoms with Crippen LogP contribution in [-0.2, 0) is 0 Å². The molecule has 0 spiro atoms. The molecule has 0 unspecified atom stereocenters. The number of ether oxygens (including phenoxy) is 1. The summed E-state index contributed by atoms with van der Waals surface area (Å²) in [5.74, 6) is 2.21. The zero-order valence-corrected chi connectivity index (χ0v) is 14.3. The molecule has 2 aromatic heterocycles. The van der Waals surface area contributed by atoms with Gasteiger partial charge in [0.1, 0.15) is 23.6 Å². The van der Waals surface area contributed by atoms with Crippen molar-refractivity contribution in [2.45, 2.75) is 6.92 Å². The maximum atomic E-state index is 6.19. The van der Waals surface area contributed by atoms with Crippen molar-refractivity contribution in [1.82, 2.24) is 15.0 Å². The number of para-hydroxylation sites is 2. The molecule has 0 radical (unpaired) electrons. The van der Waals surface area contributed by atoms with Gasteiger partial charge in [0.2, 0.25) is 0 Å². The SMILES string of the molecule is CCOc1ccccc1Nc1ncnc(Nc2ccc(Cl)cn2)c1N. The summed E-state index contributed by atoms with van der Waals surface area (Å²) in [7, 11) is 0. The van der Waals surface area contributed by atoms with Crippen molar-refractivity contribution >= 4 is 40.4 Å². The van der Waals surface area contributed by atoms with Crippen molar-refractivity contribution < 1.29 is 4.74 Å². The minimum absolute atomic E-state index is 0.366. The molecule has 0 saturated carbocycles. The normalized spacial score (nSPS) is 10.3. The van der Waals surface area contributed by atoms with E-state index in [0.29, 0.717) is 34.8 Å². The fourth-order valence-corrected chi connectivity index (χ4v) is 2.26. The van der Waals surface area contributed by atoms with Gasteiger partial charge in [0, 0.05) is 6.20 Å². The van der Waals surface area contributed by atoms with Crippen LogP contribution in [0.3, 0.4) is 0 Å². The number of rotatable bonds is 6. The Labute approximate surface area is 150 Å². The predicted octanol–water partition coefficient (Wildman–Crippen LogP) is 3.99. The van der Waals surface area contributed by atoms with Gasteiger partial charge in [-0.2, -0.15) is 0 Å². The molecule has 7 nitrogen and oxygen atoms in total. The lowest BCUT2D eigenvalue weighted by Gasteiger charge is -2.14. The Kier molecular flexibility index (Phi) is 5.15. The van der Waals surface area contributed by atoms with Crippen molar-refractivity contribution in [2.24, 2.45) is 0 Å². The third-order valence-electron chi connectivity index (χ3n) is 3.30. The lowest BCUT2D eigenvalue weighted by atomic mass is 10.3. The lowest BCUT2D eigenvalue weighted by Crippen LogP contribution is -2.06. The fraction of sp³-hybridized carbons (Fsp3) is 0.118. The van der Waals surface area contributed by atoms with E-state index in [4.69, 9.17) is 22.1 Å². The van der Waals surface area contributed by atoms with Crippen molar-refractivity contribution in [3.63, 3.8) is 0 Å². The van der Waals surface area contributed by atoms with Crippen molar-refractivity contribution in [1.29, 1.82) is 0 Å². The summed E-state index contributed by atoms with van der Waals surface area (Å²) in [6.07, 6.45) is 2.96. The van der Waals surface area contributed by atoms with Gasteiger partial charge in [0.15, 0.2) is 11.6 Å². The van der Waals surface area contributed by atoms with Crippen molar-refractivity contribution in [2.75, 3.05) is 23.0 Å². The van der Waals surface area contributed by atoms with Gasteiger partial charge >= 0.3 is 0 Å². The summed E-state index contributed by atoms with van der Waals surface area (Å²) in [5.41, 5.74) is 7.32. The average molecular weight is 357 g/mol. The summed E-state index contributed by atoms with van der Waals surface area (Å²) < 4.78 is 5.60. The molecule has 8 heteroatoms. The molecule has 0 aliphatic rings. The summed E-state index contributed by atoms with van der Waals surface area (Å²) in [5, 5.41) is 6.78. The highest BCUT2D eigenvalue weighted by atomic mass is 35.5. The molecule has 0 fully saturated rings. The van der Waals surface area contributed by atoms with Crippen LogP contribution >= 0.6 is 11.6 Å². The first-order chi connectivity index (χ1) is 12.2.